The topological polar surface area (TPSA) is 21.3 Å². The average Bonchev–Trinajstić information content (AvgIpc) is 2.40. The van der Waals surface area contributed by atoms with Crippen molar-refractivity contribution < 1.29 is 9.13 Å². The lowest BCUT2D eigenvalue weighted by molar-refractivity contribution is 0.176. The van der Waals surface area contributed by atoms with Crippen LogP contribution in [-0.2, 0) is 0 Å². The summed E-state index contributed by atoms with van der Waals surface area (Å²) in [6.07, 6.45) is -0.103. The lowest BCUT2D eigenvalue weighted by Gasteiger charge is -2.34. The normalized spacial score (nSPS) is 21.2. The molecular weight excluding hydrogens is 241 g/mol. The lowest BCUT2D eigenvalue weighted by Crippen LogP contribution is -2.32. The second-order valence-electron chi connectivity index (χ2n) is 4.97. The van der Waals surface area contributed by atoms with Crippen LogP contribution in [0.25, 0.3) is 0 Å². The van der Waals surface area contributed by atoms with Gasteiger partial charge < -0.3 is 10.1 Å². The van der Waals surface area contributed by atoms with Gasteiger partial charge in [0.25, 0.3) is 0 Å². The summed E-state index contributed by atoms with van der Waals surface area (Å²) in [6, 6.07) is 12.7. The van der Waals surface area contributed by atoms with Gasteiger partial charge in [0.05, 0.1) is 11.7 Å². The average molecular weight is 257 g/mol. The Labute approximate surface area is 112 Å². The predicted molar refractivity (Wildman–Crippen MR) is 74.0 cm³/mol. The van der Waals surface area contributed by atoms with Gasteiger partial charge in [0.15, 0.2) is 0 Å². The molecule has 0 spiro atoms. The second kappa shape index (κ2) is 4.57. The molecule has 1 N–H and O–H groups in total. The van der Waals surface area contributed by atoms with Gasteiger partial charge in [-0.2, -0.15) is 0 Å². The highest BCUT2D eigenvalue weighted by atomic mass is 19.1. The number of para-hydroxylation sites is 1. The smallest absolute Gasteiger partial charge is 0.146 e. The van der Waals surface area contributed by atoms with Crippen LogP contribution in [0.2, 0.25) is 0 Å². The third-order valence-corrected chi connectivity index (χ3v) is 3.49. The molecule has 2 aromatic carbocycles. The Bertz CT molecular complexity index is 594. The quantitative estimate of drug-likeness (QED) is 0.831. The first-order valence-electron chi connectivity index (χ1n) is 6.43. The predicted octanol–water partition coefficient (Wildman–Crippen LogP) is 4.07. The van der Waals surface area contributed by atoms with E-state index in [1.54, 1.807) is 12.1 Å². The molecule has 0 radical (unpaired) electrons. The van der Waals surface area contributed by atoms with E-state index in [4.69, 9.17) is 4.74 Å². The molecule has 0 fully saturated rings. The van der Waals surface area contributed by atoms with E-state index in [0.717, 1.165) is 22.6 Å². The molecule has 3 rings (SSSR count). The van der Waals surface area contributed by atoms with Gasteiger partial charge in [0.2, 0.25) is 0 Å². The first-order valence-corrected chi connectivity index (χ1v) is 6.43. The van der Waals surface area contributed by atoms with Gasteiger partial charge in [-0.15, -0.1) is 0 Å². The van der Waals surface area contributed by atoms with Gasteiger partial charge in [-0.25, -0.2) is 4.39 Å². The summed E-state index contributed by atoms with van der Waals surface area (Å²) in [5, 5.41) is 3.45. The fourth-order valence-corrected chi connectivity index (χ4v) is 2.48. The van der Waals surface area contributed by atoms with Crippen molar-refractivity contribution in [3.8, 4) is 5.75 Å². The Morgan fingerprint density at radius 2 is 1.84 bits per heavy atom. The summed E-state index contributed by atoms with van der Waals surface area (Å²) in [7, 11) is 0. The van der Waals surface area contributed by atoms with Gasteiger partial charge in [-0.1, -0.05) is 24.3 Å². The minimum atomic E-state index is -0.225. The van der Waals surface area contributed by atoms with Crippen molar-refractivity contribution in [3.05, 3.63) is 59.4 Å². The van der Waals surface area contributed by atoms with Crippen LogP contribution >= 0.6 is 0 Å². The maximum Gasteiger partial charge on any atom is 0.146 e. The van der Waals surface area contributed by atoms with E-state index in [1.807, 2.05) is 25.1 Å². The molecule has 0 amide bonds. The summed E-state index contributed by atoms with van der Waals surface area (Å²) in [5.74, 6) is 0.659. The standard InChI is InChI=1S/C16H16FNO/c1-10-4-3-5-14-15(10)19-16(11(2)18-14)12-6-8-13(17)9-7-12/h3-9,11,16,18H,1-2H3. The number of halogens is 1. The molecular formula is C16H16FNO. The first-order chi connectivity index (χ1) is 9.15. The maximum atomic E-state index is 13.0. The van der Waals surface area contributed by atoms with Crippen LogP contribution in [0.3, 0.4) is 0 Å². The van der Waals surface area contributed by atoms with Gasteiger partial charge >= 0.3 is 0 Å². The number of anilines is 1. The van der Waals surface area contributed by atoms with Gasteiger partial charge in [-0.05, 0) is 43.2 Å². The van der Waals surface area contributed by atoms with Crippen LogP contribution in [0.15, 0.2) is 42.5 Å². The number of ether oxygens (including phenoxy) is 1. The van der Waals surface area contributed by atoms with Crippen LogP contribution in [0.5, 0.6) is 5.75 Å². The Kier molecular flexibility index (Phi) is 2.90. The van der Waals surface area contributed by atoms with E-state index in [9.17, 15) is 4.39 Å². The zero-order valence-corrected chi connectivity index (χ0v) is 11.0. The molecule has 98 valence electrons. The first kappa shape index (κ1) is 12.0. The molecule has 19 heavy (non-hydrogen) atoms. The number of benzene rings is 2. The molecule has 2 nitrogen and oxygen atoms in total. The van der Waals surface area contributed by atoms with Gasteiger partial charge in [0, 0.05) is 0 Å². The molecule has 0 saturated carbocycles. The van der Waals surface area contributed by atoms with Crippen molar-refractivity contribution in [1.29, 1.82) is 0 Å². The summed E-state index contributed by atoms with van der Waals surface area (Å²) in [5.41, 5.74) is 3.10. The summed E-state index contributed by atoms with van der Waals surface area (Å²) in [6.45, 7) is 4.09. The molecule has 2 aromatic rings. The number of hydrogen-bond acceptors (Lipinski definition) is 2. The van der Waals surface area contributed by atoms with Crippen LogP contribution in [-0.4, -0.2) is 6.04 Å². The number of hydrogen-bond donors (Lipinski definition) is 1. The largest absolute Gasteiger partial charge is 0.481 e. The summed E-state index contributed by atoms with van der Waals surface area (Å²) < 4.78 is 19.1. The fraction of sp³-hybridized carbons (Fsp3) is 0.250. The minimum absolute atomic E-state index is 0.103. The Hall–Kier alpha value is -2.03. The Morgan fingerprint density at radius 3 is 2.58 bits per heavy atom. The molecule has 3 heteroatoms. The van der Waals surface area contributed by atoms with Crippen LogP contribution in [0, 0.1) is 12.7 Å². The van der Waals surface area contributed by atoms with E-state index in [2.05, 4.69) is 12.2 Å². The molecule has 0 bridgehead atoms. The highest BCUT2D eigenvalue weighted by Crippen LogP contribution is 2.39. The van der Waals surface area contributed by atoms with Gasteiger partial charge in [-0.3, -0.25) is 0 Å². The molecule has 1 aliphatic rings. The van der Waals surface area contributed by atoms with Crippen molar-refractivity contribution >= 4 is 5.69 Å². The SMILES string of the molecule is Cc1cccc2c1OC(c1ccc(F)cc1)C(C)N2. The lowest BCUT2D eigenvalue weighted by atomic mass is 10.00. The fourth-order valence-electron chi connectivity index (χ4n) is 2.48. The second-order valence-corrected chi connectivity index (χ2v) is 4.97. The number of aryl methyl sites for hydroxylation is 1. The monoisotopic (exact) mass is 257 g/mol. The molecule has 2 unspecified atom stereocenters. The van der Waals surface area contributed by atoms with E-state index in [0.29, 0.717) is 0 Å². The zero-order chi connectivity index (χ0) is 13.4. The third-order valence-electron chi connectivity index (χ3n) is 3.49. The Balaban J connectivity index is 1.97. The van der Waals surface area contributed by atoms with Crippen molar-refractivity contribution in [2.24, 2.45) is 0 Å². The number of fused-ring (bicyclic) bond motifs is 1. The molecule has 1 heterocycles. The van der Waals surface area contributed by atoms with E-state index >= 15 is 0 Å². The van der Waals surface area contributed by atoms with Crippen LogP contribution in [0.4, 0.5) is 10.1 Å². The Morgan fingerprint density at radius 1 is 1.11 bits per heavy atom. The molecule has 0 aromatic heterocycles. The van der Waals surface area contributed by atoms with E-state index < -0.39 is 0 Å². The summed E-state index contributed by atoms with van der Waals surface area (Å²) >= 11 is 0. The number of rotatable bonds is 1. The highest BCUT2D eigenvalue weighted by Gasteiger charge is 2.28. The molecule has 2 atom stereocenters. The van der Waals surface area contributed by atoms with Crippen molar-refractivity contribution in [2.75, 3.05) is 5.32 Å². The molecule has 0 saturated heterocycles. The van der Waals surface area contributed by atoms with Gasteiger partial charge in [0.1, 0.15) is 17.7 Å². The van der Waals surface area contributed by atoms with Crippen LogP contribution < -0.4 is 10.1 Å². The van der Waals surface area contributed by atoms with Crippen molar-refractivity contribution in [3.63, 3.8) is 0 Å². The van der Waals surface area contributed by atoms with Crippen molar-refractivity contribution in [2.45, 2.75) is 26.0 Å². The minimum Gasteiger partial charge on any atom is -0.481 e. The van der Waals surface area contributed by atoms with Crippen LogP contribution in [0.1, 0.15) is 24.2 Å². The van der Waals surface area contributed by atoms with E-state index in [-0.39, 0.29) is 18.0 Å². The summed E-state index contributed by atoms with van der Waals surface area (Å²) in [4.78, 5) is 0. The maximum absolute atomic E-state index is 13.0. The number of nitrogens with one attached hydrogen (secondary N) is 1. The van der Waals surface area contributed by atoms with E-state index in [1.165, 1.54) is 12.1 Å². The zero-order valence-electron chi connectivity index (χ0n) is 11.0. The third kappa shape index (κ3) is 2.16. The van der Waals surface area contributed by atoms with Crippen molar-refractivity contribution in [1.82, 2.24) is 0 Å². The highest BCUT2D eigenvalue weighted by molar-refractivity contribution is 5.62. The molecule has 0 aliphatic carbocycles. The molecule has 1 aliphatic heterocycles.